The molecule has 0 bridgehead atoms. The lowest BCUT2D eigenvalue weighted by molar-refractivity contribution is -0.0156. The van der Waals surface area contributed by atoms with Crippen molar-refractivity contribution >= 4 is 10.0 Å². The molecule has 0 saturated carbocycles. The van der Waals surface area contributed by atoms with Crippen molar-refractivity contribution in [3.63, 3.8) is 0 Å². The van der Waals surface area contributed by atoms with Crippen molar-refractivity contribution in [2.45, 2.75) is 24.3 Å². The van der Waals surface area contributed by atoms with Crippen LogP contribution >= 0.6 is 0 Å². The number of ether oxygens (including phenoxy) is 1. The first-order valence-corrected chi connectivity index (χ1v) is 8.38. The van der Waals surface area contributed by atoms with Gasteiger partial charge in [-0.1, -0.05) is 19.1 Å². The normalized spacial score (nSPS) is 21.0. The van der Waals surface area contributed by atoms with E-state index in [4.69, 9.17) is 4.74 Å². The molecule has 1 fully saturated rings. The molecule has 1 aliphatic heterocycles. The molecule has 1 saturated heterocycles. The Kier molecular flexibility index (Phi) is 5.15. The third-order valence-electron chi connectivity index (χ3n) is 3.48. The van der Waals surface area contributed by atoms with Gasteiger partial charge >= 0.3 is 0 Å². The third kappa shape index (κ3) is 4.02. The van der Waals surface area contributed by atoms with Gasteiger partial charge in [0, 0.05) is 19.6 Å². The molecule has 0 aliphatic carbocycles. The summed E-state index contributed by atoms with van der Waals surface area (Å²) in [6.45, 7) is 4.63. The molecule has 5 nitrogen and oxygen atoms in total. The SMILES string of the molecule is CCc1ccc(S(=O)(=O)NCC2CN(C)CCO2)cc1. The Hall–Kier alpha value is -0.950. The monoisotopic (exact) mass is 298 g/mol. The summed E-state index contributed by atoms with van der Waals surface area (Å²) in [6.07, 6.45) is 0.814. The minimum Gasteiger partial charge on any atom is -0.374 e. The van der Waals surface area contributed by atoms with Gasteiger partial charge in [0.25, 0.3) is 0 Å². The topological polar surface area (TPSA) is 58.6 Å². The molecule has 1 unspecified atom stereocenters. The van der Waals surface area contributed by atoms with Gasteiger partial charge < -0.3 is 9.64 Å². The Morgan fingerprint density at radius 2 is 2.05 bits per heavy atom. The Balaban J connectivity index is 1.96. The second kappa shape index (κ2) is 6.67. The molecule has 1 heterocycles. The predicted molar refractivity (Wildman–Crippen MR) is 78.2 cm³/mol. The lowest BCUT2D eigenvalue weighted by Crippen LogP contribution is -2.45. The van der Waals surface area contributed by atoms with E-state index in [0.29, 0.717) is 18.0 Å². The van der Waals surface area contributed by atoms with Crippen molar-refractivity contribution in [3.8, 4) is 0 Å². The lowest BCUT2D eigenvalue weighted by Gasteiger charge is -2.30. The van der Waals surface area contributed by atoms with Gasteiger partial charge in [0.1, 0.15) is 0 Å². The maximum Gasteiger partial charge on any atom is 0.240 e. The summed E-state index contributed by atoms with van der Waals surface area (Å²) in [5, 5.41) is 0. The van der Waals surface area contributed by atoms with Crippen LogP contribution in [0.15, 0.2) is 29.2 Å². The van der Waals surface area contributed by atoms with E-state index in [-0.39, 0.29) is 6.10 Å². The molecule has 1 aliphatic rings. The van der Waals surface area contributed by atoms with Crippen LogP contribution in [0.3, 0.4) is 0 Å². The van der Waals surface area contributed by atoms with Crippen LogP contribution < -0.4 is 4.72 Å². The van der Waals surface area contributed by atoms with Gasteiger partial charge in [-0.3, -0.25) is 0 Å². The van der Waals surface area contributed by atoms with Crippen molar-refractivity contribution in [2.24, 2.45) is 0 Å². The summed E-state index contributed by atoms with van der Waals surface area (Å²) < 4.78 is 32.5. The summed E-state index contributed by atoms with van der Waals surface area (Å²) in [7, 11) is -1.44. The van der Waals surface area contributed by atoms with Crippen LogP contribution in [0.2, 0.25) is 0 Å². The minimum absolute atomic E-state index is 0.0848. The molecule has 1 N–H and O–H groups in total. The Morgan fingerprint density at radius 1 is 1.35 bits per heavy atom. The Bertz CT molecular complexity index is 528. The first-order valence-electron chi connectivity index (χ1n) is 6.90. The number of rotatable bonds is 5. The van der Waals surface area contributed by atoms with Crippen LogP contribution in [0.1, 0.15) is 12.5 Å². The Labute approximate surface area is 121 Å². The number of aryl methyl sites for hydroxylation is 1. The van der Waals surface area contributed by atoms with E-state index in [9.17, 15) is 8.42 Å². The van der Waals surface area contributed by atoms with Crippen molar-refractivity contribution in [1.29, 1.82) is 0 Å². The molecular weight excluding hydrogens is 276 g/mol. The van der Waals surface area contributed by atoms with E-state index in [1.165, 1.54) is 0 Å². The predicted octanol–water partition coefficient (Wildman–Crippen LogP) is 0.858. The fourth-order valence-corrected chi connectivity index (χ4v) is 3.25. The molecule has 0 spiro atoms. The number of nitrogens with one attached hydrogen (secondary N) is 1. The fourth-order valence-electron chi connectivity index (χ4n) is 2.18. The molecule has 1 atom stereocenters. The zero-order valence-electron chi connectivity index (χ0n) is 12.0. The van der Waals surface area contributed by atoms with Crippen molar-refractivity contribution in [2.75, 3.05) is 33.3 Å². The number of hydrogen-bond donors (Lipinski definition) is 1. The van der Waals surface area contributed by atoms with Crippen LogP contribution in [0.25, 0.3) is 0 Å². The van der Waals surface area contributed by atoms with Crippen LogP contribution in [-0.2, 0) is 21.2 Å². The summed E-state index contributed by atoms with van der Waals surface area (Å²) >= 11 is 0. The van der Waals surface area contributed by atoms with Gasteiger partial charge in [-0.25, -0.2) is 13.1 Å². The number of benzene rings is 1. The average Bonchev–Trinajstić information content (AvgIpc) is 2.45. The molecule has 0 radical (unpaired) electrons. The van der Waals surface area contributed by atoms with Crippen molar-refractivity contribution in [3.05, 3.63) is 29.8 Å². The van der Waals surface area contributed by atoms with E-state index in [1.54, 1.807) is 12.1 Å². The Morgan fingerprint density at radius 3 is 2.65 bits per heavy atom. The molecule has 112 valence electrons. The zero-order valence-corrected chi connectivity index (χ0v) is 12.8. The van der Waals surface area contributed by atoms with Gasteiger partial charge in [-0.2, -0.15) is 0 Å². The molecule has 0 amide bonds. The zero-order chi connectivity index (χ0) is 14.6. The van der Waals surface area contributed by atoms with Gasteiger partial charge in [-0.15, -0.1) is 0 Å². The second-order valence-corrected chi connectivity index (χ2v) is 6.87. The number of likely N-dealkylation sites (N-methyl/N-ethyl adjacent to an activating group) is 1. The largest absolute Gasteiger partial charge is 0.374 e. The first-order chi connectivity index (χ1) is 9.51. The van der Waals surface area contributed by atoms with E-state index < -0.39 is 10.0 Å². The van der Waals surface area contributed by atoms with E-state index >= 15 is 0 Å². The number of morpholine rings is 1. The lowest BCUT2D eigenvalue weighted by atomic mass is 10.2. The van der Waals surface area contributed by atoms with E-state index in [1.807, 2.05) is 26.1 Å². The first kappa shape index (κ1) is 15.4. The number of nitrogens with zero attached hydrogens (tertiary/aromatic N) is 1. The second-order valence-electron chi connectivity index (χ2n) is 5.10. The van der Waals surface area contributed by atoms with Gasteiger partial charge in [0.15, 0.2) is 0 Å². The molecular formula is C14H22N2O3S. The summed E-state index contributed by atoms with van der Waals surface area (Å²) in [5.41, 5.74) is 1.13. The number of sulfonamides is 1. The molecule has 1 aromatic rings. The highest BCUT2D eigenvalue weighted by molar-refractivity contribution is 7.89. The van der Waals surface area contributed by atoms with Gasteiger partial charge in [0.2, 0.25) is 10.0 Å². The number of hydrogen-bond acceptors (Lipinski definition) is 4. The molecule has 1 aromatic carbocycles. The molecule has 2 rings (SSSR count). The van der Waals surface area contributed by atoms with Gasteiger partial charge in [0.05, 0.1) is 17.6 Å². The molecule has 20 heavy (non-hydrogen) atoms. The summed E-state index contributed by atoms with van der Waals surface area (Å²) in [5.74, 6) is 0. The molecule has 6 heteroatoms. The van der Waals surface area contributed by atoms with E-state index in [2.05, 4.69) is 9.62 Å². The van der Waals surface area contributed by atoms with Crippen LogP contribution in [0.4, 0.5) is 0 Å². The fraction of sp³-hybridized carbons (Fsp3) is 0.571. The molecule has 0 aromatic heterocycles. The smallest absolute Gasteiger partial charge is 0.240 e. The van der Waals surface area contributed by atoms with Crippen LogP contribution in [0.5, 0.6) is 0 Å². The van der Waals surface area contributed by atoms with Gasteiger partial charge in [-0.05, 0) is 31.2 Å². The third-order valence-corrected chi connectivity index (χ3v) is 4.92. The highest BCUT2D eigenvalue weighted by Crippen LogP contribution is 2.11. The van der Waals surface area contributed by atoms with Crippen molar-refractivity contribution < 1.29 is 13.2 Å². The minimum atomic E-state index is -3.45. The maximum atomic E-state index is 12.2. The van der Waals surface area contributed by atoms with Crippen LogP contribution in [-0.4, -0.2) is 52.7 Å². The summed E-state index contributed by atoms with van der Waals surface area (Å²) in [4.78, 5) is 2.44. The quantitative estimate of drug-likeness (QED) is 0.876. The van der Waals surface area contributed by atoms with Crippen molar-refractivity contribution in [1.82, 2.24) is 9.62 Å². The standard InChI is InChI=1S/C14H22N2O3S/c1-3-12-4-6-14(7-5-12)20(17,18)15-10-13-11-16(2)8-9-19-13/h4-7,13,15H,3,8-11H2,1-2H3. The highest BCUT2D eigenvalue weighted by Gasteiger charge is 2.21. The summed E-state index contributed by atoms with van der Waals surface area (Å²) in [6, 6.07) is 6.99. The van der Waals surface area contributed by atoms with E-state index in [0.717, 1.165) is 25.1 Å². The highest BCUT2D eigenvalue weighted by atomic mass is 32.2. The average molecular weight is 298 g/mol. The van der Waals surface area contributed by atoms with Crippen LogP contribution in [0, 0.1) is 0 Å². The maximum absolute atomic E-state index is 12.2.